The van der Waals surface area contributed by atoms with E-state index in [1.807, 2.05) is 43.1 Å². The van der Waals surface area contributed by atoms with Crippen molar-refractivity contribution in [1.29, 1.82) is 0 Å². The van der Waals surface area contributed by atoms with Gasteiger partial charge < -0.3 is 9.80 Å². The summed E-state index contributed by atoms with van der Waals surface area (Å²) < 4.78 is 0. The van der Waals surface area contributed by atoms with Gasteiger partial charge in [-0.2, -0.15) is 5.10 Å². The molecule has 1 aliphatic heterocycles. The maximum absolute atomic E-state index is 12.5. The minimum absolute atomic E-state index is 0.200. The van der Waals surface area contributed by atoms with Crippen molar-refractivity contribution in [3.05, 3.63) is 47.7 Å². The van der Waals surface area contributed by atoms with E-state index in [4.69, 9.17) is 0 Å². The summed E-state index contributed by atoms with van der Waals surface area (Å²) in [6, 6.07) is 12.3. The topological polar surface area (TPSA) is 55.5 Å². The monoisotopic (exact) mass is 327 g/mol. The summed E-state index contributed by atoms with van der Waals surface area (Å²) in [5.41, 5.74) is 2.29. The van der Waals surface area contributed by atoms with E-state index in [-0.39, 0.29) is 5.91 Å². The third-order valence-electron chi connectivity index (χ3n) is 4.35. The van der Waals surface area contributed by atoms with Crippen LogP contribution in [-0.4, -0.2) is 65.7 Å². The molecule has 0 atom stereocenters. The van der Waals surface area contributed by atoms with Crippen molar-refractivity contribution in [2.45, 2.75) is 13.5 Å². The smallest absolute Gasteiger partial charge is 0.236 e. The Hall–Kier alpha value is -2.34. The molecule has 2 heterocycles. The molecule has 0 unspecified atom stereocenters. The standard InChI is InChI=1S/C18H25N5O/c1-15-12-17(20-19-15)22-8-10-23(11-9-22)18(24)14-21(2)13-16-6-4-3-5-7-16/h3-7,12H,8-11,13-14H2,1-2H3,(H,19,20). The zero-order valence-electron chi connectivity index (χ0n) is 14.4. The second-order valence-electron chi connectivity index (χ2n) is 6.43. The average molecular weight is 327 g/mol. The van der Waals surface area contributed by atoms with Gasteiger partial charge in [-0.1, -0.05) is 30.3 Å². The third-order valence-corrected chi connectivity index (χ3v) is 4.35. The van der Waals surface area contributed by atoms with E-state index in [0.717, 1.165) is 44.2 Å². The van der Waals surface area contributed by atoms with Crippen molar-refractivity contribution in [3.63, 3.8) is 0 Å². The molecule has 24 heavy (non-hydrogen) atoms. The normalized spacial score (nSPS) is 15.1. The Morgan fingerprint density at radius 2 is 1.92 bits per heavy atom. The Morgan fingerprint density at radius 1 is 1.21 bits per heavy atom. The van der Waals surface area contributed by atoms with Gasteiger partial charge in [-0.25, -0.2) is 0 Å². The van der Waals surface area contributed by atoms with E-state index in [2.05, 4.69) is 32.1 Å². The predicted octanol–water partition coefficient (Wildman–Crippen LogP) is 1.50. The SMILES string of the molecule is Cc1cc(N2CCN(C(=O)CN(C)Cc3ccccc3)CC2)n[nH]1. The molecule has 6 nitrogen and oxygen atoms in total. The lowest BCUT2D eigenvalue weighted by molar-refractivity contribution is -0.132. The molecule has 1 amide bonds. The Bertz CT molecular complexity index is 661. The van der Waals surface area contributed by atoms with Crippen LogP contribution in [0, 0.1) is 6.92 Å². The van der Waals surface area contributed by atoms with E-state index in [1.165, 1.54) is 5.56 Å². The molecule has 0 aliphatic carbocycles. The first-order chi connectivity index (χ1) is 11.6. The predicted molar refractivity (Wildman–Crippen MR) is 94.9 cm³/mol. The van der Waals surface area contributed by atoms with E-state index >= 15 is 0 Å². The van der Waals surface area contributed by atoms with Crippen molar-refractivity contribution < 1.29 is 4.79 Å². The molecule has 1 aromatic carbocycles. The van der Waals surface area contributed by atoms with Gasteiger partial charge in [0.05, 0.1) is 6.54 Å². The number of aromatic nitrogens is 2. The number of likely N-dealkylation sites (N-methyl/N-ethyl adjacent to an activating group) is 1. The first-order valence-corrected chi connectivity index (χ1v) is 8.39. The summed E-state index contributed by atoms with van der Waals surface area (Å²) in [5.74, 6) is 1.17. The molecule has 0 radical (unpaired) electrons. The van der Waals surface area contributed by atoms with Crippen LogP contribution in [0.5, 0.6) is 0 Å². The van der Waals surface area contributed by atoms with Gasteiger partial charge in [-0.15, -0.1) is 0 Å². The first kappa shape index (κ1) is 16.5. The molecule has 0 saturated carbocycles. The van der Waals surface area contributed by atoms with E-state index in [9.17, 15) is 4.79 Å². The molecule has 0 bridgehead atoms. The molecule has 128 valence electrons. The fourth-order valence-electron chi connectivity index (χ4n) is 3.03. The van der Waals surface area contributed by atoms with Crippen molar-refractivity contribution in [3.8, 4) is 0 Å². The number of nitrogens with one attached hydrogen (secondary N) is 1. The number of rotatable bonds is 5. The number of piperazine rings is 1. The van der Waals surface area contributed by atoms with Crippen LogP contribution < -0.4 is 4.90 Å². The molecule has 2 aromatic rings. The molecule has 6 heteroatoms. The molecule has 1 N–H and O–H groups in total. The van der Waals surface area contributed by atoms with E-state index in [1.54, 1.807) is 0 Å². The fourth-order valence-corrected chi connectivity index (χ4v) is 3.03. The van der Waals surface area contributed by atoms with Crippen LogP contribution in [0.15, 0.2) is 36.4 Å². The number of nitrogens with zero attached hydrogens (tertiary/aromatic N) is 4. The van der Waals surface area contributed by atoms with Crippen LogP contribution in [0.25, 0.3) is 0 Å². The van der Waals surface area contributed by atoms with Gasteiger partial charge in [0, 0.05) is 44.5 Å². The van der Waals surface area contributed by atoms with Gasteiger partial charge in [0.25, 0.3) is 0 Å². The van der Waals surface area contributed by atoms with Crippen LogP contribution in [0.2, 0.25) is 0 Å². The number of amides is 1. The Balaban J connectivity index is 1.46. The summed E-state index contributed by atoms with van der Waals surface area (Å²) in [4.78, 5) is 18.7. The number of aromatic amines is 1. The first-order valence-electron chi connectivity index (χ1n) is 8.39. The zero-order chi connectivity index (χ0) is 16.9. The molecular formula is C18H25N5O. The van der Waals surface area contributed by atoms with Crippen molar-refractivity contribution >= 4 is 11.7 Å². The second kappa shape index (κ2) is 7.49. The lowest BCUT2D eigenvalue weighted by atomic mass is 10.2. The number of H-pyrrole nitrogens is 1. The molecular weight excluding hydrogens is 302 g/mol. The minimum atomic E-state index is 0.200. The summed E-state index contributed by atoms with van der Waals surface area (Å²) in [6.45, 7) is 6.42. The van der Waals surface area contributed by atoms with Gasteiger partial charge in [0.15, 0.2) is 5.82 Å². The molecule has 1 aliphatic rings. The van der Waals surface area contributed by atoms with Crippen LogP contribution in [0.3, 0.4) is 0 Å². The van der Waals surface area contributed by atoms with Gasteiger partial charge in [0.2, 0.25) is 5.91 Å². The largest absolute Gasteiger partial charge is 0.352 e. The lowest BCUT2D eigenvalue weighted by Crippen LogP contribution is -2.51. The summed E-state index contributed by atoms with van der Waals surface area (Å²) in [5, 5.41) is 7.26. The number of hydrogen-bond acceptors (Lipinski definition) is 4. The molecule has 1 fully saturated rings. The van der Waals surface area contributed by atoms with Crippen molar-refractivity contribution in [2.75, 3.05) is 44.7 Å². The fraction of sp³-hybridized carbons (Fsp3) is 0.444. The van der Waals surface area contributed by atoms with Gasteiger partial charge in [-0.05, 0) is 19.5 Å². The van der Waals surface area contributed by atoms with Gasteiger partial charge in [-0.3, -0.25) is 14.8 Å². The zero-order valence-corrected chi connectivity index (χ0v) is 14.4. The average Bonchev–Trinajstić information content (AvgIpc) is 3.02. The summed E-state index contributed by atoms with van der Waals surface area (Å²) in [7, 11) is 1.99. The maximum atomic E-state index is 12.5. The number of benzene rings is 1. The quantitative estimate of drug-likeness (QED) is 0.904. The number of carbonyl (C=O) groups excluding carboxylic acids is 1. The Morgan fingerprint density at radius 3 is 2.54 bits per heavy atom. The maximum Gasteiger partial charge on any atom is 0.236 e. The van der Waals surface area contributed by atoms with Crippen molar-refractivity contribution in [2.24, 2.45) is 0 Å². The van der Waals surface area contributed by atoms with E-state index < -0.39 is 0 Å². The Kier molecular flexibility index (Phi) is 5.15. The van der Waals surface area contributed by atoms with E-state index in [0.29, 0.717) is 6.54 Å². The molecule has 0 spiro atoms. The number of hydrogen-bond donors (Lipinski definition) is 1. The van der Waals surface area contributed by atoms with Crippen LogP contribution in [-0.2, 0) is 11.3 Å². The highest BCUT2D eigenvalue weighted by molar-refractivity contribution is 5.78. The molecule has 1 aromatic heterocycles. The highest BCUT2D eigenvalue weighted by Crippen LogP contribution is 2.14. The van der Waals surface area contributed by atoms with Crippen LogP contribution in [0.4, 0.5) is 5.82 Å². The Labute approximate surface area is 143 Å². The summed E-state index contributed by atoms with van der Waals surface area (Å²) >= 11 is 0. The van der Waals surface area contributed by atoms with Gasteiger partial charge >= 0.3 is 0 Å². The summed E-state index contributed by atoms with van der Waals surface area (Å²) in [6.07, 6.45) is 0. The van der Waals surface area contributed by atoms with Crippen molar-refractivity contribution in [1.82, 2.24) is 20.0 Å². The minimum Gasteiger partial charge on any atom is -0.352 e. The van der Waals surface area contributed by atoms with Crippen LogP contribution >= 0.6 is 0 Å². The highest BCUT2D eigenvalue weighted by Gasteiger charge is 2.23. The third kappa shape index (κ3) is 4.14. The highest BCUT2D eigenvalue weighted by atomic mass is 16.2. The second-order valence-corrected chi connectivity index (χ2v) is 6.43. The number of aryl methyl sites for hydroxylation is 1. The molecule has 1 saturated heterocycles. The number of anilines is 1. The molecule has 3 rings (SSSR count). The van der Waals surface area contributed by atoms with Gasteiger partial charge in [0.1, 0.15) is 0 Å². The lowest BCUT2D eigenvalue weighted by Gasteiger charge is -2.35. The number of carbonyl (C=O) groups is 1. The van der Waals surface area contributed by atoms with Crippen LogP contribution in [0.1, 0.15) is 11.3 Å².